The number of aryl methyl sites for hydroxylation is 1. The van der Waals surface area contributed by atoms with E-state index in [0.29, 0.717) is 12.0 Å². The van der Waals surface area contributed by atoms with Gasteiger partial charge in [-0.3, -0.25) is 0 Å². The van der Waals surface area contributed by atoms with Gasteiger partial charge in [-0.1, -0.05) is 78.4 Å². The van der Waals surface area contributed by atoms with Crippen LogP contribution in [0.2, 0.25) is 0 Å². The van der Waals surface area contributed by atoms with Crippen LogP contribution in [0.5, 0.6) is 0 Å². The summed E-state index contributed by atoms with van der Waals surface area (Å²) in [6.45, 7) is 1.75. The Balaban J connectivity index is 2.03. The van der Waals surface area contributed by atoms with Crippen LogP contribution < -0.4 is 4.72 Å². The predicted octanol–water partition coefficient (Wildman–Crippen LogP) is 3.54. The number of hydrogen-bond acceptors (Lipinski definition) is 4. The maximum Gasteiger partial charge on any atom is 0.240 e. The molecular weight excluding hydrogens is 398 g/mol. The van der Waals surface area contributed by atoms with Crippen molar-refractivity contribution in [3.05, 3.63) is 102 Å². The zero-order chi connectivity index (χ0) is 21.6. The summed E-state index contributed by atoms with van der Waals surface area (Å²) >= 11 is 0. The van der Waals surface area contributed by atoms with E-state index in [4.69, 9.17) is 0 Å². The third kappa shape index (κ3) is 5.34. The van der Waals surface area contributed by atoms with Crippen molar-refractivity contribution >= 4 is 10.0 Å². The Labute approximate surface area is 178 Å². The van der Waals surface area contributed by atoms with E-state index in [-0.39, 0.29) is 11.5 Å². The predicted molar refractivity (Wildman–Crippen MR) is 118 cm³/mol. The standard InChI is InChI=1S/C24H27NO4S/c1-18-12-14-21(15-13-18)30(28,29)25-23(24(27)20-10-6-3-7-11-20)22(16-17-26)19-8-4-2-5-9-19/h2-15,22-27H,16-17H2,1H3/t22-,23+,24+/m1/s1. The van der Waals surface area contributed by atoms with Crippen LogP contribution in [0.25, 0.3) is 0 Å². The van der Waals surface area contributed by atoms with Crippen LogP contribution in [0.1, 0.15) is 35.1 Å². The average Bonchev–Trinajstić information content (AvgIpc) is 2.77. The second-order valence-corrected chi connectivity index (χ2v) is 9.06. The van der Waals surface area contributed by atoms with Gasteiger partial charge in [-0.15, -0.1) is 0 Å². The zero-order valence-electron chi connectivity index (χ0n) is 16.8. The lowest BCUT2D eigenvalue weighted by molar-refractivity contribution is 0.118. The van der Waals surface area contributed by atoms with Gasteiger partial charge in [0, 0.05) is 12.5 Å². The van der Waals surface area contributed by atoms with Crippen molar-refractivity contribution in [2.45, 2.75) is 36.3 Å². The number of sulfonamides is 1. The van der Waals surface area contributed by atoms with Crippen molar-refractivity contribution in [3.8, 4) is 0 Å². The average molecular weight is 426 g/mol. The normalized spacial score (nSPS) is 14.8. The molecule has 0 aliphatic heterocycles. The number of aliphatic hydroxyl groups is 2. The van der Waals surface area contributed by atoms with Crippen LogP contribution in [0, 0.1) is 6.92 Å². The highest BCUT2D eigenvalue weighted by Crippen LogP contribution is 2.32. The SMILES string of the molecule is Cc1ccc(S(=O)(=O)N[C@@H]([C@H](CCO)c2ccccc2)[C@@H](O)c2ccccc2)cc1. The lowest BCUT2D eigenvalue weighted by Gasteiger charge is -2.32. The van der Waals surface area contributed by atoms with E-state index in [2.05, 4.69) is 4.72 Å². The molecule has 3 N–H and O–H groups in total. The Kier molecular flexibility index (Phi) is 7.39. The van der Waals surface area contributed by atoms with Crippen LogP contribution in [0.15, 0.2) is 89.8 Å². The van der Waals surface area contributed by atoms with Crippen LogP contribution in [0.4, 0.5) is 0 Å². The molecule has 0 radical (unpaired) electrons. The van der Waals surface area contributed by atoms with Gasteiger partial charge >= 0.3 is 0 Å². The molecule has 3 aromatic carbocycles. The van der Waals surface area contributed by atoms with Gasteiger partial charge in [0.2, 0.25) is 10.0 Å². The van der Waals surface area contributed by atoms with Gasteiger partial charge in [-0.25, -0.2) is 13.1 Å². The van der Waals surface area contributed by atoms with Crippen molar-refractivity contribution in [2.24, 2.45) is 0 Å². The summed E-state index contributed by atoms with van der Waals surface area (Å²) in [6.07, 6.45) is -0.794. The smallest absolute Gasteiger partial charge is 0.240 e. The van der Waals surface area contributed by atoms with Crippen molar-refractivity contribution in [2.75, 3.05) is 6.61 Å². The molecule has 0 heterocycles. The molecule has 0 amide bonds. The van der Waals surface area contributed by atoms with E-state index >= 15 is 0 Å². The quantitative estimate of drug-likeness (QED) is 0.489. The fourth-order valence-electron chi connectivity index (χ4n) is 3.58. The monoisotopic (exact) mass is 425 g/mol. The third-order valence-corrected chi connectivity index (χ3v) is 6.68. The maximum absolute atomic E-state index is 13.1. The summed E-state index contributed by atoms with van der Waals surface area (Å²) in [5.74, 6) is -0.424. The molecule has 3 aromatic rings. The first kappa shape index (κ1) is 22.2. The van der Waals surface area contributed by atoms with Crippen molar-refractivity contribution in [3.63, 3.8) is 0 Å². The molecule has 0 aromatic heterocycles. The lowest BCUT2D eigenvalue weighted by Crippen LogP contribution is -2.43. The molecule has 0 spiro atoms. The number of aliphatic hydroxyl groups excluding tert-OH is 2. The first-order valence-corrected chi connectivity index (χ1v) is 11.4. The second kappa shape index (κ2) is 10.00. The van der Waals surface area contributed by atoms with Crippen molar-refractivity contribution in [1.82, 2.24) is 4.72 Å². The van der Waals surface area contributed by atoms with Gasteiger partial charge in [0.05, 0.1) is 17.0 Å². The Bertz CT molecular complexity index is 1020. The Morgan fingerprint density at radius 2 is 1.37 bits per heavy atom. The highest BCUT2D eigenvalue weighted by atomic mass is 32.2. The molecule has 0 saturated heterocycles. The highest BCUT2D eigenvalue weighted by molar-refractivity contribution is 7.89. The zero-order valence-corrected chi connectivity index (χ0v) is 17.7. The minimum absolute atomic E-state index is 0.133. The molecular formula is C24H27NO4S. The van der Waals surface area contributed by atoms with E-state index in [0.717, 1.165) is 11.1 Å². The molecule has 158 valence electrons. The summed E-state index contributed by atoms with van der Waals surface area (Å²) in [5, 5.41) is 20.9. The minimum Gasteiger partial charge on any atom is -0.396 e. The summed E-state index contributed by atoms with van der Waals surface area (Å²) < 4.78 is 29.0. The number of hydrogen-bond donors (Lipinski definition) is 3. The number of rotatable bonds is 9. The minimum atomic E-state index is -3.89. The largest absolute Gasteiger partial charge is 0.396 e. The van der Waals surface area contributed by atoms with Crippen LogP contribution >= 0.6 is 0 Å². The first-order chi connectivity index (χ1) is 14.4. The molecule has 3 atom stereocenters. The van der Waals surface area contributed by atoms with Crippen molar-refractivity contribution < 1.29 is 18.6 Å². The molecule has 0 aliphatic rings. The maximum atomic E-state index is 13.1. The van der Waals surface area contributed by atoms with E-state index in [9.17, 15) is 18.6 Å². The first-order valence-electron chi connectivity index (χ1n) is 9.90. The fraction of sp³-hybridized carbons (Fsp3) is 0.250. The van der Waals surface area contributed by atoms with Crippen LogP contribution in [0.3, 0.4) is 0 Å². The second-order valence-electron chi connectivity index (χ2n) is 7.35. The molecule has 0 bridgehead atoms. The molecule has 3 rings (SSSR count). The van der Waals surface area contributed by atoms with Gasteiger partial charge < -0.3 is 10.2 Å². The molecule has 5 nitrogen and oxygen atoms in total. The van der Waals surface area contributed by atoms with Crippen LogP contribution in [-0.2, 0) is 10.0 Å². The molecule has 6 heteroatoms. The Morgan fingerprint density at radius 1 is 0.833 bits per heavy atom. The Hall–Kier alpha value is -2.51. The number of benzene rings is 3. The van der Waals surface area contributed by atoms with Gasteiger partial charge in [-0.05, 0) is 36.6 Å². The van der Waals surface area contributed by atoms with Crippen molar-refractivity contribution in [1.29, 1.82) is 0 Å². The van der Waals surface area contributed by atoms with Crippen LogP contribution in [-0.4, -0.2) is 31.3 Å². The topological polar surface area (TPSA) is 86.6 Å². The van der Waals surface area contributed by atoms with E-state index in [1.54, 1.807) is 48.5 Å². The summed E-state index contributed by atoms with van der Waals surface area (Å²) in [6, 6.07) is 24.0. The lowest BCUT2D eigenvalue weighted by atomic mass is 9.84. The van der Waals surface area contributed by atoms with E-state index in [1.807, 2.05) is 43.3 Å². The van der Waals surface area contributed by atoms with Gasteiger partial charge in [0.1, 0.15) is 0 Å². The third-order valence-electron chi connectivity index (χ3n) is 5.21. The highest BCUT2D eigenvalue weighted by Gasteiger charge is 2.34. The summed E-state index contributed by atoms with van der Waals surface area (Å²) in [5.41, 5.74) is 2.41. The summed E-state index contributed by atoms with van der Waals surface area (Å²) in [4.78, 5) is 0.133. The van der Waals surface area contributed by atoms with E-state index in [1.165, 1.54) is 0 Å². The summed E-state index contributed by atoms with van der Waals surface area (Å²) in [7, 11) is -3.89. The molecule has 0 aliphatic carbocycles. The molecule has 0 saturated carbocycles. The number of nitrogens with one attached hydrogen (secondary N) is 1. The van der Waals surface area contributed by atoms with Gasteiger partial charge in [0.15, 0.2) is 0 Å². The fourth-order valence-corrected chi connectivity index (χ4v) is 4.86. The Morgan fingerprint density at radius 3 is 1.90 bits per heavy atom. The molecule has 0 fully saturated rings. The van der Waals surface area contributed by atoms with E-state index < -0.39 is 28.1 Å². The van der Waals surface area contributed by atoms with Gasteiger partial charge in [-0.2, -0.15) is 0 Å². The molecule has 0 unspecified atom stereocenters. The molecule has 30 heavy (non-hydrogen) atoms. The van der Waals surface area contributed by atoms with Gasteiger partial charge in [0.25, 0.3) is 0 Å².